The number of anilines is 1. The van der Waals surface area contributed by atoms with Crippen molar-refractivity contribution in [2.45, 2.75) is 26.0 Å². The second-order valence-electron chi connectivity index (χ2n) is 4.18. The first kappa shape index (κ1) is 13.4. The van der Waals surface area contributed by atoms with E-state index in [1.165, 1.54) is 6.33 Å². The second kappa shape index (κ2) is 5.71. The molecule has 0 radical (unpaired) electrons. The van der Waals surface area contributed by atoms with E-state index >= 15 is 0 Å². The van der Waals surface area contributed by atoms with Gasteiger partial charge < -0.3 is 15.6 Å². The highest BCUT2D eigenvalue weighted by Gasteiger charge is 2.17. The van der Waals surface area contributed by atoms with Crippen LogP contribution in [0.3, 0.4) is 0 Å². The van der Waals surface area contributed by atoms with Crippen LogP contribution in [0.5, 0.6) is 5.75 Å². The van der Waals surface area contributed by atoms with E-state index in [0.29, 0.717) is 23.4 Å². The SMILES string of the molecule is CCn1ncnc1CC(O)c1cccc(OC)c1N. The molecule has 0 fully saturated rings. The first-order valence-corrected chi connectivity index (χ1v) is 6.14. The van der Waals surface area contributed by atoms with Gasteiger partial charge in [0.1, 0.15) is 17.9 Å². The summed E-state index contributed by atoms with van der Waals surface area (Å²) >= 11 is 0. The van der Waals surface area contributed by atoms with Crippen molar-refractivity contribution in [2.24, 2.45) is 0 Å². The van der Waals surface area contributed by atoms with Gasteiger partial charge in [-0.1, -0.05) is 12.1 Å². The molecule has 6 heteroatoms. The molecule has 1 atom stereocenters. The predicted octanol–water partition coefficient (Wildman–Crippen LogP) is 1.16. The lowest BCUT2D eigenvalue weighted by Crippen LogP contribution is -2.11. The number of benzene rings is 1. The van der Waals surface area contributed by atoms with Crippen molar-refractivity contribution in [3.05, 3.63) is 35.9 Å². The zero-order valence-corrected chi connectivity index (χ0v) is 11.1. The van der Waals surface area contributed by atoms with Gasteiger partial charge >= 0.3 is 0 Å². The zero-order chi connectivity index (χ0) is 13.8. The lowest BCUT2D eigenvalue weighted by atomic mass is 10.0. The van der Waals surface area contributed by atoms with Gasteiger partial charge in [-0.2, -0.15) is 5.10 Å². The minimum atomic E-state index is -0.732. The molecular formula is C13H18N4O2. The minimum Gasteiger partial charge on any atom is -0.495 e. The summed E-state index contributed by atoms with van der Waals surface area (Å²) in [4.78, 5) is 4.14. The van der Waals surface area contributed by atoms with Crippen molar-refractivity contribution >= 4 is 5.69 Å². The maximum Gasteiger partial charge on any atom is 0.142 e. The molecule has 19 heavy (non-hydrogen) atoms. The summed E-state index contributed by atoms with van der Waals surface area (Å²) in [5.74, 6) is 1.30. The summed E-state index contributed by atoms with van der Waals surface area (Å²) in [5.41, 5.74) is 7.07. The number of methoxy groups -OCH3 is 1. The van der Waals surface area contributed by atoms with Gasteiger partial charge in [-0.15, -0.1) is 0 Å². The molecule has 0 saturated carbocycles. The Hall–Kier alpha value is -2.08. The van der Waals surface area contributed by atoms with Crippen LogP contribution in [0.1, 0.15) is 24.4 Å². The predicted molar refractivity (Wildman–Crippen MR) is 71.8 cm³/mol. The number of aromatic nitrogens is 3. The molecule has 0 spiro atoms. The van der Waals surface area contributed by atoms with Gasteiger partial charge in [-0.05, 0) is 13.0 Å². The van der Waals surface area contributed by atoms with E-state index in [-0.39, 0.29) is 0 Å². The Morgan fingerprint density at radius 1 is 1.47 bits per heavy atom. The minimum absolute atomic E-state index is 0.366. The number of rotatable bonds is 5. The quantitative estimate of drug-likeness (QED) is 0.790. The summed E-state index contributed by atoms with van der Waals surface area (Å²) in [5, 5.41) is 14.4. The lowest BCUT2D eigenvalue weighted by molar-refractivity contribution is 0.174. The fraction of sp³-hybridized carbons (Fsp3) is 0.385. The number of nitrogens with zero attached hydrogens (tertiary/aromatic N) is 3. The molecule has 102 valence electrons. The Morgan fingerprint density at radius 2 is 2.26 bits per heavy atom. The first-order valence-electron chi connectivity index (χ1n) is 6.14. The molecule has 1 aromatic carbocycles. The van der Waals surface area contributed by atoms with E-state index in [1.54, 1.807) is 30.0 Å². The molecule has 1 aromatic heterocycles. The van der Waals surface area contributed by atoms with Crippen molar-refractivity contribution in [2.75, 3.05) is 12.8 Å². The van der Waals surface area contributed by atoms with Crippen molar-refractivity contribution in [1.29, 1.82) is 0 Å². The Morgan fingerprint density at radius 3 is 2.95 bits per heavy atom. The van der Waals surface area contributed by atoms with E-state index in [4.69, 9.17) is 10.5 Å². The number of aliphatic hydroxyl groups is 1. The average Bonchev–Trinajstić information content (AvgIpc) is 2.86. The zero-order valence-electron chi connectivity index (χ0n) is 11.1. The molecular weight excluding hydrogens is 244 g/mol. The molecule has 0 aliphatic heterocycles. The summed E-state index contributed by atoms with van der Waals surface area (Å²) in [7, 11) is 1.55. The van der Waals surface area contributed by atoms with Crippen LogP contribution < -0.4 is 10.5 Å². The third kappa shape index (κ3) is 2.68. The molecule has 0 amide bonds. The van der Waals surface area contributed by atoms with E-state index < -0.39 is 6.10 Å². The van der Waals surface area contributed by atoms with Gasteiger partial charge in [0.15, 0.2) is 0 Å². The summed E-state index contributed by atoms with van der Waals surface area (Å²) in [6, 6.07) is 5.35. The van der Waals surface area contributed by atoms with E-state index in [2.05, 4.69) is 10.1 Å². The molecule has 2 aromatic rings. The number of aliphatic hydroxyl groups excluding tert-OH is 1. The van der Waals surface area contributed by atoms with Gasteiger partial charge in [0, 0.05) is 18.5 Å². The van der Waals surface area contributed by atoms with Gasteiger partial charge in [-0.25, -0.2) is 4.98 Å². The van der Waals surface area contributed by atoms with Crippen molar-refractivity contribution in [3.63, 3.8) is 0 Å². The summed E-state index contributed by atoms with van der Waals surface area (Å²) in [6.45, 7) is 2.69. The topological polar surface area (TPSA) is 86.2 Å². The highest BCUT2D eigenvalue weighted by Crippen LogP contribution is 2.30. The van der Waals surface area contributed by atoms with E-state index in [1.807, 2.05) is 6.92 Å². The molecule has 1 heterocycles. The van der Waals surface area contributed by atoms with E-state index in [9.17, 15) is 5.11 Å². The van der Waals surface area contributed by atoms with Crippen molar-refractivity contribution in [1.82, 2.24) is 14.8 Å². The molecule has 2 rings (SSSR count). The van der Waals surface area contributed by atoms with Crippen molar-refractivity contribution in [3.8, 4) is 5.75 Å². The molecule has 0 saturated heterocycles. The molecule has 0 aliphatic rings. The summed E-state index contributed by atoms with van der Waals surface area (Å²) < 4.78 is 6.90. The molecule has 0 aliphatic carbocycles. The maximum atomic E-state index is 10.3. The number of para-hydroxylation sites is 1. The van der Waals surface area contributed by atoms with Crippen LogP contribution in [0.25, 0.3) is 0 Å². The summed E-state index contributed by atoms with van der Waals surface area (Å²) in [6.07, 6.45) is 1.12. The van der Waals surface area contributed by atoms with Gasteiger partial charge in [-0.3, -0.25) is 4.68 Å². The monoisotopic (exact) mass is 262 g/mol. The second-order valence-corrected chi connectivity index (χ2v) is 4.18. The van der Waals surface area contributed by atoms with Crippen LogP contribution in [0.15, 0.2) is 24.5 Å². The van der Waals surface area contributed by atoms with Crippen LogP contribution >= 0.6 is 0 Å². The third-order valence-electron chi connectivity index (χ3n) is 3.05. The third-order valence-corrected chi connectivity index (χ3v) is 3.05. The highest BCUT2D eigenvalue weighted by molar-refractivity contribution is 5.59. The number of aryl methyl sites for hydroxylation is 1. The van der Waals surface area contributed by atoms with Crippen LogP contribution in [0.4, 0.5) is 5.69 Å². The first-order chi connectivity index (χ1) is 9.17. The molecule has 0 bridgehead atoms. The number of hydrogen-bond acceptors (Lipinski definition) is 5. The number of hydrogen-bond donors (Lipinski definition) is 2. The molecule has 6 nitrogen and oxygen atoms in total. The highest BCUT2D eigenvalue weighted by atomic mass is 16.5. The van der Waals surface area contributed by atoms with Gasteiger partial charge in [0.2, 0.25) is 0 Å². The molecule has 1 unspecified atom stereocenters. The van der Waals surface area contributed by atoms with Crippen LogP contribution in [0.2, 0.25) is 0 Å². The fourth-order valence-corrected chi connectivity index (χ4v) is 2.02. The van der Waals surface area contributed by atoms with Gasteiger partial charge in [0.05, 0.1) is 18.9 Å². The Balaban J connectivity index is 2.23. The Labute approximate surface area is 111 Å². The molecule has 3 N–H and O–H groups in total. The van der Waals surface area contributed by atoms with Crippen LogP contribution in [-0.2, 0) is 13.0 Å². The van der Waals surface area contributed by atoms with Gasteiger partial charge in [0.25, 0.3) is 0 Å². The van der Waals surface area contributed by atoms with Crippen LogP contribution in [0, 0.1) is 0 Å². The fourth-order valence-electron chi connectivity index (χ4n) is 2.02. The van der Waals surface area contributed by atoms with Crippen molar-refractivity contribution < 1.29 is 9.84 Å². The number of nitrogens with two attached hydrogens (primary N) is 1. The normalized spacial score (nSPS) is 12.4. The van der Waals surface area contributed by atoms with Crippen LogP contribution in [-0.4, -0.2) is 27.0 Å². The Kier molecular flexibility index (Phi) is 4.01. The standard InChI is InChI=1S/C13H18N4O2/c1-3-17-12(15-8-16-17)7-10(18)9-5-4-6-11(19-2)13(9)14/h4-6,8,10,18H,3,7,14H2,1-2H3. The largest absolute Gasteiger partial charge is 0.495 e. The van der Waals surface area contributed by atoms with E-state index in [0.717, 1.165) is 12.4 Å². The average molecular weight is 262 g/mol. The smallest absolute Gasteiger partial charge is 0.142 e. The number of ether oxygens (including phenoxy) is 1. The maximum absolute atomic E-state index is 10.3. The lowest BCUT2D eigenvalue weighted by Gasteiger charge is -2.15. The Bertz CT molecular complexity index is 553. The number of nitrogen functional groups attached to an aromatic ring is 1.